The van der Waals surface area contributed by atoms with Crippen LogP contribution >= 0.6 is 0 Å². The molecule has 3 atom stereocenters. The van der Waals surface area contributed by atoms with Crippen molar-refractivity contribution in [2.24, 2.45) is 11.8 Å². The SMILES string of the molecule is CC(C)[C@H](NC(=O)OCC1c2ccccc2-c2ccccc21)C(=O)NC[C@H]1CCO[C@H]1C(=O)O. The van der Waals surface area contributed by atoms with Gasteiger partial charge in [-0.15, -0.1) is 0 Å². The van der Waals surface area contributed by atoms with Crippen LogP contribution < -0.4 is 10.6 Å². The molecule has 2 amide bonds. The molecule has 0 saturated carbocycles. The fourth-order valence-corrected chi connectivity index (χ4v) is 4.76. The molecule has 1 aliphatic carbocycles. The number of hydrogen-bond acceptors (Lipinski definition) is 5. The second kappa shape index (κ2) is 10.3. The van der Waals surface area contributed by atoms with Gasteiger partial charge in [0, 0.05) is 25.0 Å². The van der Waals surface area contributed by atoms with E-state index in [1.165, 1.54) is 0 Å². The molecule has 1 fully saturated rings. The second-order valence-corrected chi connectivity index (χ2v) is 9.12. The summed E-state index contributed by atoms with van der Waals surface area (Å²) in [5.41, 5.74) is 4.51. The van der Waals surface area contributed by atoms with Gasteiger partial charge < -0.3 is 25.2 Å². The van der Waals surface area contributed by atoms with E-state index in [9.17, 15) is 19.5 Å². The van der Waals surface area contributed by atoms with Crippen LogP contribution in [0.25, 0.3) is 11.1 Å². The lowest BCUT2D eigenvalue weighted by Gasteiger charge is -2.23. The van der Waals surface area contributed by atoms with Crippen LogP contribution in [0.2, 0.25) is 0 Å². The molecule has 1 heterocycles. The van der Waals surface area contributed by atoms with E-state index in [1.54, 1.807) is 0 Å². The average Bonchev–Trinajstić information content (AvgIpc) is 3.42. The first kappa shape index (κ1) is 23.8. The van der Waals surface area contributed by atoms with Crippen molar-refractivity contribution in [2.75, 3.05) is 19.8 Å². The van der Waals surface area contributed by atoms with Crippen molar-refractivity contribution in [3.63, 3.8) is 0 Å². The predicted octanol–water partition coefficient (Wildman–Crippen LogP) is 3.16. The van der Waals surface area contributed by atoms with Crippen LogP contribution in [0.4, 0.5) is 4.79 Å². The van der Waals surface area contributed by atoms with Gasteiger partial charge in [0.2, 0.25) is 5.91 Å². The molecule has 180 valence electrons. The van der Waals surface area contributed by atoms with Crippen molar-refractivity contribution < 1.29 is 29.0 Å². The summed E-state index contributed by atoms with van der Waals surface area (Å²) < 4.78 is 10.8. The van der Waals surface area contributed by atoms with Gasteiger partial charge in [-0.25, -0.2) is 9.59 Å². The maximum Gasteiger partial charge on any atom is 0.407 e. The van der Waals surface area contributed by atoms with E-state index in [-0.39, 0.29) is 36.8 Å². The highest BCUT2D eigenvalue weighted by Gasteiger charge is 2.35. The monoisotopic (exact) mass is 466 g/mol. The first-order valence-electron chi connectivity index (χ1n) is 11.6. The Bertz CT molecular complexity index is 1020. The Balaban J connectivity index is 1.35. The number of aliphatic carboxylic acids is 1. The minimum atomic E-state index is -1.03. The Morgan fingerprint density at radius 3 is 2.26 bits per heavy atom. The molecular weight excluding hydrogens is 436 g/mol. The number of hydrogen-bond donors (Lipinski definition) is 3. The molecule has 2 aromatic rings. The quantitative estimate of drug-likeness (QED) is 0.551. The molecule has 1 aliphatic heterocycles. The number of alkyl carbamates (subject to hydrolysis) is 1. The molecule has 34 heavy (non-hydrogen) atoms. The minimum absolute atomic E-state index is 0.0696. The number of carbonyl (C=O) groups excluding carboxylic acids is 2. The van der Waals surface area contributed by atoms with Crippen LogP contribution in [0, 0.1) is 11.8 Å². The summed E-state index contributed by atoms with van der Waals surface area (Å²) in [5.74, 6) is -1.97. The highest BCUT2D eigenvalue weighted by atomic mass is 16.5. The van der Waals surface area contributed by atoms with Crippen LogP contribution in [-0.4, -0.2) is 55.0 Å². The van der Waals surface area contributed by atoms with Crippen LogP contribution in [0.5, 0.6) is 0 Å². The summed E-state index contributed by atoms with van der Waals surface area (Å²) >= 11 is 0. The average molecular weight is 467 g/mol. The second-order valence-electron chi connectivity index (χ2n) is 9.12. The fourth-order valence-electron chi connectivity index (χ4n) is 4.76. The molecule has 2 aromatic carbocycles. The lowest BCUT2D eigenvalue weighted by Crippen LogP contribution is -2.51. The number of ether oxygens (including phenoxy) is 2. The lowest BCUT2D eigenvalue weighted by molar-refractivity contribution is -0.149. The van der Waals surface area contributed by atoms with Gasteiger partial charge in [0.05, 0.1) is 0 Å². The third-order valence-electron chi connectivity index (χ3n) is 6.56. The first-order chi connectivity index (χ1) is 16.4. The maximum atomic E-state index is 12.8. The molecule has 4 rings (SSSR count). The van der Waals surface area contributed by atoms with Crippen molar-refractivity contribution in [3.05, 3.63) is 59.7 Å². The van der Waals surface area contributed by atoms with Gasteiger partial charge >= 0.3 is 12.1 Å². The number of fused-ring (bicyclic) bond motifs is 3. The number of carboxylic acids is 1. The molecule has 0 aromatic heterocycles. The molecule has 0 unspecified atom stereocenters. The summed E-state index contributed by atoms with van der Waals surface area (Å²) in [6.07, 6.45) is -1.03. The van der Waals surface area contributed by atoms with E-state index in [0.29, 0.717) is 13.0 Å². The van der Waals surface area contributed by atoms with Gasteiger partial charge in [0.25, 0.3) is 0 Å². The van der Waals surface area contributed by atoms with Crippen LogP contribution in [-0.2, 0) is 19.1 Å². The van der Waals surface area contributed by atoms with E-state index < -0.39 is 24.2 Å². The summed E-state index contributed by atoms with van der Waals surface area (Å²) in [6, 6.07) is 15.4. The fraction of sp³-hybridized carbons (Fsp3) is 0.423. The zero-order chi connectivity index (χ0) is 24.2. The van der Waals surface area contributed by atoms with E-state index in [1.807, 2.05) is 50.2 Å². The zero-order valence-electron chi connectivity index (χ0n) is 19.3. The molecule has 2 aliphatic rings. The Labute approximate surface area is 198 Å². The van der Waals surface area contributed by atoms with E-state index >= 15 is 0 Å². The number of amides is 2. The molecular formula is C26H30N2O6. The number of nitrogens with one attached hydrogen (secondary N) is 2. The first-order valence-corrected chi connectivity index (χ1v) is 11.6. The highest BCUT2D eigenvalue weighted by Crippen LogP contribution is 2.44. The van der Waals surface area contributed by atoms with Crippen LogP contribution in [0.1, 0.15) is 37.3 Å². The third-order valence-corrected chi connectivity index (χ3v) is 6.56. The Morgan fingerprint density at radius 2 is 1.68 bits per heavy atom. The summed E-state index contributed by atoms with van der Waals surface area (Å²) in [6.45, 7) is 4.33. The largest absolute Gasteiger partial charge is 0.479 e. The molecule has 0 spiro atoms. The van der Waals surface area contributed by atoms with Gasteiger partial charge in [-0.1, -0.05) is 62.4 Å². The van der Waals surface area contributed by atoms with Crippen molar-refractivity contribution in [3.8, 4) is 11.1 Å². The predicted molar refractivity (Wildman–Crippen MR) is 125 cm³/mol. The van der Waals surface area contributed by atoms with Gasteiger partial charge in [0.1, 0.15) is 12.6 Å². The third kappa shape index (κ3) is 4.92. The molecule has 0 radical (unpaired) electrons. The standard InChI is InChI=1S/C26H30N2O6/c1-15(2)22(24(29)27-13-16-11-12-33-23(16)25(30)31)28-26(32)34-14-21-19-9-5-3-7-17(19)18-8-4-6-10-20(18)21/h3-10,15-16,21-23H,11-14H2,1-2H3,(H,27,29)(H,28,32)(H,30,31)/t16-,22+,23-/m1/s1. The topological polar surface area (TPSA) is 114 Å². The zero-order valence-corrected chi connectivity index (χ0v) is 19.3. The Hall–Kier alpha value is -3.39. The summed E-state index contributed by atoms with van der Waals surface area (Å²) in [5, 5.41) is 14.7. The normalized spacial score (nSPS) is 19.9. The lowest BCUT2D eigenvalue weighted by atomic mass is 9.98. The Morgan fingerprint density at radius 1 is 1.06 bits per heavy atom. The van der Waals surface area contributed by atoms with Crippen LogP contribution in [0.15, 0.2) is 48.5 Å². The molecule has 3 N–H and O–H groups in total. The highest BCUT2D eigenvalue weighted by molar-refractivity contribution is 5.86. The number of benzene rings is 2. The molecule has 8 heteroatoms. The smallest absolute Gasteiger partial charge is 0.407 e. The molecule has 0 bridgehead atoms. The number of carbonyl (C=O) groups is 3. The van der Waals surface area contributed by atoms with Gasteiger partial charge in [-0.3, -0.25) is 4.79 Å². The molecule has 8 nitrogen and oxygen atoms in total. The van der Waals surface area contributed by atoms with Gasteiger partial charge in [0.15, 0.2) is 6.10 Å². The van der Waals surface area contributed by atoms with Crippen molar-refractivity contribution in [2.45, 2.75) is 38.3 Å². The van der Waals surface area contributed by atoms with Gasteiger partial charge in [-0.05, 0) is 34.6 Å². The van der Waals surface area contributed by atoms with E-state index in [2.05, 4.69) is 22.8 Å². The van der Waals surface area contributed by atoms with E-state index in [0.717, 1.165) is 22.3 Å². The Kier molecular flexibility index (Phi) is 7.17. The van der Waals surface area contributed by atoms with E-state index in [4.69, 9.17) is 9.47 Å². The summed E-state index contributed by atoms with van der Waals surface area (Å²) in [7, 11) is 0. The van der Waals surface area contributed by atoms with Crippen LogP contribution in [0.3, 0.4) is 0 Å². The molecule has 1 saturated heterocycles. The number of rotatable bonds is 8. The van der Waals surface area contributed by atoms with Crippen molar-refractivity contribution >= 4 is 18.0 Å². The van der Waals surface area contributed by atoms with Crippen molar-refractivity contribution in [1.82, 2.24) is 10.6 Å². The minimum Gasteiger partial charge on any atom is -0.479 e. The number of carboxylic acid groups (broad SMARTS) is 1. The van der Waals surface area contributed by atoms with Gasteiger partial charge in [-0.2, -0.15) is 0 Å². The van der Waals surface area contributed by atoms with Crippen molar-refractivity contribution in [1.29, 1.82) is 0 Å². The maximum absolute atomic E-state index is 12.8. The summed E-state index contributed by atoms with van der Waals surface area (Å²) in [4.78, 5) is 36.7.